The zero-order valence-electron chi connectivity index (χ0n) is 12.5. The van der Waals surface area contributed by atoms with Crippen molar-refractivity contribution in [3.05, 3.63) is 21.4 Å². The Hall–Kier alpha value is -0.380. The van der Waals surface area contributed by atoms with Crippen molar-refractivity contribution in [1.29, 1.82) is 0 Å². The van der Waals surface area contributed by atoms with Gasteiger partial charge in [0, 0.05) is 22.4 Å². The van der Waals surface area contributed by atoms with E-state index >= 15 is 0 Å². The highest BCUT2D eigenvalue weighted by Gasteiger charge is 2.20. The molecule has 0 saturated carbocycles. The molecule has 108 valence electrons. The highest BCUT2D eigenvalue weighted by atomic mass is 32.1. The van der Waals surface area contributed by atoms with E-state index in [4.69, 9.17) is 4.74 Å². The van der Waals surface area contributed by atoms with Crippen molar-refractivity contribution < 1.29 is 4.74 Å². The predicted octanol–water partition coefficient (Wildman–Crippen LogP) is 4.36. The van der Waals surface area contributed by atoms with Crippen LogP contribution >= 0.6 is 11.3 Å². The first-order valence-electron chi connectivity index (χ1n) is 7.62. The van der Waals surface area contributed by atoms with E-state index in [0.717, 1.165) is 13.2 Å². The molecule has 1 fully saturated rings. The molecule has 2 rings (SSSR count). The van der Waals surface area contributed by atoms with E-state index in [-0.39, 0.29) is 0 Å². The summed E-state index contributed by atoms with van der Waals surface area (Å²) in [5.74, 6) is 0. The van der Waals surface area contributed by atoms with E-state index in [9.17, 15) is 0 Å². The lowest BCUT2D eigenvalue weighted by Gasteiger charge is -2.20. The fraction of sp³-hybridized carbons (Fsp3) is 0.750. The standard InChI is InChI=1S/C16H27NOS/c1-4-9-17-16(8-7-14-6-5-10-18-14)15-11-12(2)19-13(15)3/h11,14,16-17H,4-10H2,1-3H3. The summed E-state index contributed by atoms with van der Waals surface area (Å²) in [6, 6.07) is 2.87. The van der Waals surface area contributed by atoms with Gasteiger partial charge in [-0.25, -0.2) is 0 Å². The van der Waals surface area contributed by atoms with Crippen molar-refractivity contribution in [1.82, 2.24) is 5.32 Å². The number of hydrogen-bond donors (Lipinski definition) is 1. The summed E-state index contributed by atoms with van der Waals surface area (Å²) < 4.78 is 5.75. The van der Waals surface area contributed by atoms with Crippen molar-refractivity contribution >= 4 is 11.3 Å². The van der Waals surface area contributed by atoms with Gasteiger partial charge in [0.25, 0.3) is 0 Å². The van der Waals surface area contributed by atoms with Gasteiger partial charge in [-0.1, -0.05) is 6.92 Å². The Kier molecular flexibility index (Phi) is 5.86. The Bertz CT molecular complexity index is 382. The molecule has 2 atom stereocenters. The number of rotatable bonds is 7. The lowest BCUT2D eigenvalue weighted by atomic mass is 9.99. The molecule has 0 spiro atoms. The van der Waals surface area contributed by atoms with Crippen molar-refractivity contribution in [3.8, 4) is 0 Å². The second-order valence-electron chi connectivity index (χ2n) is 5.59. The number of thiophene rings is 1. The zero-order chi connectivity index (χ0) is 13.7. The van der Waals surface area contributed by atoms with Crippen LogP contribution in [0.15, 0.2) is 6.07 Å². The highest BCUT2D eigenvalue weighted by molar-refractivity contribution is 7.12. The molecule has 2 nitrogen and oxygen atoms in total. The summed E-state index contributed by atoms with van der Waals surface area (Å²) in [4.78, 5) is 2.89. The molecule has 2 unspecified atom stereocenters. The third-order valence-corrected chi connectivity index (χ3v) is 4.88. The van der Waals surface area contributed by atoms with Gasteiger partial charge in [0.15, 0.2) is 0 Å². The zero-order valence-corrected chi connectivity index (χ0v) is 13.3. The van der Waals surface area contributed by atoms with Gasteiger partial charge in [0.2, 0.25) is 0 Å². The summed E-state index contributed by atoms with van der Waals surface area (Å²) >= 11 is 1.92. The van der Waals surface area contributed by atoms with E-state index in [2.05, 4.69) is 32.2 Å². The van der Waals surface area contributed by atoms with Gasteiger partial charge < -0.3 is 10.1 Å². The van der Waals surface area contributed by atoms with Crippen LogP contribution in [0.25, 0.3) is 0 Å². The first-order valence-corrected chi connectivity index (χ1v) is 8.44. The summed E-state index contributed by atoms with van der Waals surface area (Å²) in [7, 11) is 0. The predicted molar refractivity (Wildman–Crippen MR) is 83.0 cm³/mol. The summed E-state index contributed by atoms with van der Waals surface area (Å²) in [6.45, 7) is 8.76. The Labute approximate surface area is 121 Å². The maximum Gasteiger partial charge on any atom is 0.0576 e. The molecule has 1 aromatic heterocycles. The average Bonchev–Trinajstić information content (AvgIpc) is 3.00. The van der Waals surface area contributed by atoms with Gasteiger partial charge in [0.1, 0.15) is 0 Å². The Morgan fingerprint density at radius 1 is 1.47 bits per heavy atom. The molecular formula is C16H27NOS. The lowest BCUT2D eigenvalue weighted by molar-refractivity contribution is 0.0996. The number of nitrogens with one attached hydrogen (secondary N) is 1. The fourth-order valence-corrected chi connectivity index (χ4v) is 3.89. The average molecular weight is 281 g/mol. The van der Waals surface area contributed by atoms with Gasteiger partial charge in [-0.15, -0.1) is 11.3 Å². The Morgan fingerprint density at radius 3 is 2.89 bits per heavy atom. The summed E-state index contributed by atoms with van der Waals surface area (Å²) in [6.07, 6.45) is 6.58. The lowest BCUT2D eigenvalue weighted by Crippen LogP contribution is -2.23. The van der Waals surface area contributed by atoms with Gasteiger partial charge in [-0.05, 0) is 64.1 Å². The van der Waals surface area contributed by atoms with Crippen LogP contribution in [0.5, 0.6) is 0 Å². The van der Waals surface area contributed by atoms with E-state index in [0.29, 0.717) is 12.1 Å². The fourth-order valence-electron chi connectivity index (χ4n) is 2.91. The number of aryl methyl sites for hydroxylation is 2. The quantitative estimate of drug-likeness (QED) is 0.801. The molecule has 1 saturated heterocycles. The minimum absolute atomic E-state index is 0.506. The molecule has 0 aliphatic carbocycles. The number of ether oxygens (including phenoxy) is 1. The maximum absolute atomic E-state index is 5.75. The highest BCUT2D eigenvalue weighted by Crippen LogP contribution is 2.30. The normalized spacial score (nSPS) is 20.9. The first-order chi connectivity index (χ1) is 9.20. The van der Waals surface area contributed by atoms with Gasteiger partial charge in [0.05, 0.1) is 6.10 Å². The third-order valence-electron chi connectivity index (χ3n) is 3.90. The monoisotopic (exact) mass is 281 g/mol. The molecule has 0 radical (unpaired) electrons. The second-order valence-corrected chi connectivity index (χ2v) is 7.05. The molecule has 1 N–H and O–H groups in total. The van der Waals surface area contributed by atoms with Crippen LogP contribution in [-0.2, 0) is 4.74 Å². The van der Waals surface area contributed by atoms with Crippen LogP contribution in [0.2, 0.25) is 0 Å². The van der Waals surface area contributed by atoms with Crippen molar-refractivity contribution in [3.63, 3.8) is 0 Å². The molecule has 1 aromatic rings. The van der Waals surface area contributed by atoms with Crippen LogP contribution in [-0.4, -0.2) is 19.3 Å². The van der Waals surface area contributed by atoms with Crippen molar-refractivity contribution in [2.75, 3.05) is 13.2 Å². The van der Waals surface area contributed by atoms with Crippen LogP contribution in [0, 0.1) is 13.8 Å². The molecule has 1 aliphatic heterocycles. The van der Waals surface area contributed by atoms with Crippen LogP contribution < -0.4 is 5.32 Å². The molecule has 0 amide bonds. The minimum Gasteiger partial charge on any atom is -0.378 e. The largest absolute Gasteiger partial charge is 0.378 e. The molecule has 0 aromatic carbocycles. The second kappa shape index (κ2) is 7.41. The van der Waals surface area contributed by atoms with Crippen LogP contribution in [0.1, 0.15) is 60.4 Å². The third kappa shape index (κ3) is 4.30. The molecular weight excluding hydrogens is 254 g/mol. The first kappa shape index (κ1) is 15.0. The van der Waals surface area contributed by atoms with Crippen molar-refractivity contribution in [2.24, 2.45) is 0 Å². The van der Waals surface area contributed by atoms with E-state index in [1.54, 1.807) is 0 Å². The topological polar surface area (TPSA) is 21.3 Å². The maximum atomic E-state index is 5.75. The van der Waals surface area contributed by atoms with Gasteiger partial charge in [-0.3, -0.25) is 0 Å². The Balaban J connectivity index is 1.96. The molecule has 19 heavy (non-hydrogen) atoms. The molecule has 0 bridgehead atoms. The molecule has 1 aliphatic rings. The van der Waals surface area contributed by atoms with E-state index in [1.165, 1.54) is 47.4 Å². The Morgan fingerprint density at radius 2 is 2.32 bits per heavy atom. The van der Waals surface area contributed by atoms with E-state index in [1.807, 2.05) is 11.3 Å². The van der Waals surface area contributed by atoms with Gasteiger partial charge in [-0.2, -0.15) is 0 Å². The van der Waals surface area contributed by atoms with Crippen LogP contribution in [0.4, 0.5) is 0 Å². The minimum atomic E-state index is 0.506. The van der Waals surface area contributed by atoms with Crippen LogP contribution in [0.3, 0.4) is 0 Å². The van der Waals surface area contributed by atoms with Crippen molar-refractivity contribution in [2.45, 2.75) is 65.0 Å². The molecule has 3 heteroatoms. The summed E-state index contributed by atoms with van der Waals surface area (Å²) in [5.41, 5.74) is 1.51. The number of hydrogen-bond acceptors (Lipinski definition) is 3. The van der Waals surface area contributed by atoms with E-state index < -0.39 is 0 Å². The van der Waals surface area contributed by atoms with Gasteiger partial charge >= 0.3 is 0 Å². The smallest absolute Gasteiger partial charge is 0.0576 e. The summed E-state index contributed by atoms with van der Waals surface area (Å²) in [5, 5.41) is 3.71. The SMILES string of the molecule is CCCNC(CCC1CCCO1)c1cc(C)sc1C. The molecule has 2 heterocycles.